The molecule has 0 spiro atoms. The van der Waals surface area contributed by atoms with Gasteiger partial charge in [-0.25, -0.2) is 4.68 Å². The molecule has 0 aliphatic carbocycles. The maximum absolute atomic E-state index is 9.52. The Balaban J connectivity index is 2.03. The largest absolute Gasteiger partial charge is 0.390 e. The zero-order chi connectivity index (χ0) is 16.2. The second-order valence-corrected chi connectivity index (χ2v) is 5.50. The van der Waals surface area contributed by atoms with Gasteiger partial charge in [0.2, 0.25) is 0 Å². The van der Waals surface area contributed by atoms with Gasteiger partial charge in [-0.2, -0.15) is 0 Å². The van der Waals surface area contributed by atoms with Crippen molar-refractivity contribution in [1.29, 1.82) is 0 Å². The van der Waals surface area contributed by atoms with E-state index in [4.69, 9.17) is 0 Å². The molecular formula is C19H19N3O. The van der Waals surface area contributed by atoms with E-state index in [-0.39, 0.29) is 6.61 Å². The Labute approximate surface area is 135 Å². The molecule has 0 atom stereocenters. The molecule has 4 nitrogen and oxygen atoms in total. The van der Waals surface area contributed by atoms with Crippen LogP contribution in [0.25, 0.3) is 17.8 Å². The molecule has 2 aromatic carbocycles. The number of aromatic nitrogens is 3. The van der Waals surface area contributed by atoms with E-state index in [9.17, 15) is 5.11 Å². The number of nitrogens with zero attached hydrogens (tertiary/aromatic N) is 3. The second kappa shape index (κ2) is 6.58. The van der Waals surface area contributed by atoms with Crippen molar-refractivity contribution in [1.82, 2.24) is 15.0 Å². The van der Waals surface area contributed by atoms with Gasteiger partial charge >= 0.3 is 0 Å². The molecule has 116 valence electrons. The lowest BCUT2D eigenvalue weighted by Gasteiger charge is -2.07. The zero-order valence-electron chi connectivity index (χ0n) is 13.3. The van der Waals surface area contributed by atoms with Crippen LogP contribution < -0.4 is 0 Å². The smallest absolute Gasteiger partial charge is 0.116 e. The molecular weight excluding hydrogens is 286 g/mol. The molecule has 3 rings (SSSR count). The fourth-order valence-electron chi connectivity index (χ4n) is 2.39. The Bertz CT molecular complexity index is 835. The highest BCUT2D eigenvalue weighted by atomic mass is 16.3. The topological polar surface area (TPSA) is 50.9 Å². The maximum atomic E-state index is 9.52. The fraction of sp³-hybridized carbons (Fsp3) is 0.158. The highest BCUT2D eigenvalue weighted by molar-refractivity contribution is 5.69. The number of hydrogen-bond acceptors (Lipinski definition) is 3. The lowest BCUT2D eigenvalue weighted by molar-refractivity contribution is 0.276. The lowest BCUT2D eigenvalue weighted by Crippen LogP contribution is -2.01. The number of hydrogen-bond donors (Lipinski definition) is 1. The van der Waals surface area contributed by atoms with Crippen LogP contribution in [-0.4, -0.2) is 20.1 Å². The van der Waals surface area contributed by atoms with Crippen LogP contribution in [0, 0.1) is 13.8 Å². The SMILES string of the molecule is Cc1ccc(-n2nnc(CO)c2/C=C/c2ccccc2)cc1C. The lowest BCUT2D eigenvalue weighted by atomic mass is 10.1. The van der Waals surface area contributed by atoms with E-state index < -0.39 is 0 Å². The summed E-state index contributed by atoms with van der Waals surface area (Å²) in [5.74, 6) is 0. The summed E-state index contributed by atoms with van der Waals surface area (Å²) in [4.78, 5) is 0. The first-order chi connectivity index (χ1) is 11.2. The van der Waals surface area contributed by atoms with E-state index in [1.165, 1.54) is 11.1 Å². The van der Waals surface area contributed by atoms with Crippen molar-refractivity contribution in [3.05, 3.63) is 76.6 Å². The Hall–Kier alpha value is -2.72. The molecule has 0 aliphatic heterocycles. The van der Waals surface area contributed by atoms with E-state index in [0.29, 0.717) is 5.69 Å². The molecule has 4 heteroatoms. The monoisotopic (exact) mass is 305 g/mol. The van der Waals surface area contributed by atoms with E-state index in [2.05, 4.69) is 36.3 Å². The van der Waals surface area contributed by atoms with Crippen molar-refractivity contribution in [2.75, 3.05) is 0 Å². The van der Waals surface area contributed by atoms with Gasteiger partial charge in [-0.3, -0.25) is 0 Å². The fourth-order valence-corrected chi connectivity index (χ4v) is 2.39. The molecule has 23 heavy (non-hydrogen) atoms. The van der Waals surface area contributed by atoms with E-state index in [1.54, 1.807) is 4.68 Å². The standard InChI is InChI=1S/C19H19N3O/c1-14-8-10-17(12-15(14)2)22-19(18(13-23)20-21-22)11-9-16-6-4-3-5-7-16/h3-12,23H,13H2,1-2H3/b11-9+. The summed E-state index contributed by atoms with van der Waals surface area (Å²) in [6, 6.07) is 16.2. The molecule has 1 heterocycles. The predicted molar refractivity (Wildman–Crippen MR) is 92.1 cm³/mol. The van der Waals surface area contributed by atoms with Gasteiger partial charge in [-0.15, -0.1) is 5.10 Å². The van der Waals surface area contributed by atoms with Gasteiger partial charge in [0, 0.05) is 0 Å². The zero-order valence-corrected chi connectivity index (χ0v) is 13.3. The van der Waals surface area contributed by atoms with Crippen molar-refractivity contribution in [3.8, 4) is 5.69 Å². The number of aryl methyl sites for hydroxylation is 2. The average molecular weight is 305 g/mol. The molecule has 0 aliphatic rings. The molecule has 0 unspecified atom stereocenters. The van der Waals surface area contributed by atoms with E-state index >= 15 is 0 Å². The minimum Gasteiger partial charge on any atom is -0.390 e. The Morgan fingerprint density at radius 3 is 2.48 bits per heavy atom. The summed E-state index contributed by atoms with van der Waals surface area (Å²) >= 11 is 0. The summed E-state index contributed by atoms with van der Waals surface area (Å²) in [6.07, 6.45) is 3.94. The van der Waals surface area contributed by atoms with Crippen LogP contribution in [0.5, 0.6) is 0 Å². The third kappa shape index (κ3) is 3.22. The van der Waals surface area contributed by atoms with Gasteiger partial charge in [-0.1, -0.05) is 47.7 Å². The predicted octanol–water partition coefficient (Wildman–Crippen LogP) is 3.55. The Morgan fingerprint density at radius 1 is 1.00 bits per heavy atom. The summed E-state index contributed by atoms with van der Waals surface area (Å²) in [7, 11) is 0. The van der Waals surface area contributed by atoms with Crippen molar-refractivity contribution < 1.29 is 5.11 Å². The second-order valence-electron chi connectivity index (χ2n) is 5.50. The van der Waals surface area contributed by atoms with Gasteiger partial charge in [-0.05, 0) is 48.7 Å². The molecule has 0 bridgehead atoms. The number of rotatable bonds is 4. The first-order valence-corrected chi connectivity index (χ1v) is 7.55. The summed E-state index contributed by atoms with van der Waals surface area (Å²) < 4.78 is 1.76. The molecule has 0 fully saturated rings. The summed E-state index contributed by atoms with van der Waals surface area (Å²) in [6.45, 7) is 4.01. The Morgan fingerprint density at radius 2 is 1.78 bits per heavy atom. The number of aliphatic hydroxyl groups is 1. The Kier molecular flexibility index (Phi) is 4.35. The quantitative estimate of drug-likeness (QED) is 0.802. The van der Waals surface area contributed by atoms with Crippen LogP contribution in [0.1, 0.15) is 28.1 Å². The molecule has 3 aromatic rings. The molecule has 0 saturated heterocycles. The van der Waals surface area contributed by atoms with Crippen LogP contribution in [-0.2, 0) is 6.61 Å². The number of benzene rings is 2. The third-order valence-electron chi connectivity index (χ3n) is 3.90. The van der Waals surface area contributed by atoms with Crippen LogP contribution in [0.3, 0.4) is 0 Å². The molecule has 0 amide bonds. The van der Waals surface area contributed by atoms with Crippen molar-refractivity contribution in [2.45, 2.75) is 20.5 Å². The minimum absolute atomic E-state index is 0.140. The highest BCUT2D eigenvalue weighted by Gasteiger charge is 2.11. The summed E-state index contributed by atoms with van der Waals surface area (Å²) in [5.41, 5.74) is 5.81. The van der Waals surface area contributed by atoms with Gasteiger partial charge < -0.3 is 5.11 Å². The van der Waals surface area contributed by atoms with Crippen molar-refractivity contribution >= 4 is 12.2 Å². The van der Waals surface area contributed by atoms with Gasteiger partial charge in [0.25, 0.3) is 0 Å². The first kappa shape index (κ1) is 15.2. The van der Waals surface area contributed by atoms with Crippen LogP contribution in [0.15, 0.2) is 48.5 Å². The van der Waals surface area contributed by atoms with Crippen LogP contribution in [0.4, 0.5) is 0 Å². The van der Waals surface area contributed by atoms with Gasteiger partial charge in [0.1, 0.15) is 5.69 Å². The number of aliphatic hydroxyl groups excluding tert-OH is 1. The molecule has 1 N–H and O–H groups in total. The van der Waals surface area contributed by atoms with Gasteiger partial charge in [0.15, 0.2) is 0 Å². The first-order valence-electron chi connectivity index (χ1n) is 7.55. The van der Waals surface area contributed by atoms with Crippen molar-refractivity contribution in [3.63, 3.8) is 0 Å². The highest BCUT2D eigenvalue weighted by Crippen LogP contribution is 2.19. The maximum Gasteiger partial charge on any atom is 0.116 e. The normalized spacial score (nSPS) is 11.3. The minimum atomic E-state index is -0.140. The van der Waals surface area contributed by atoms with Crippen molar-refractivity contribution in [2.24, 2.45) is 0 Å². The average Bonchev–Trinajstić information content (AvgIpc) is 2.99. The van der Waals surface area contributed by atoms with E-state index in [1.807, 2.05) is 48.6 Å². The summed E-state index contributed by atoms with van der Waals surface area (Å²) in [5, 5.41) is 17.8. The van der Waals surface area contributed by atoms with Crippen LogP contribution in [0.2, 0.25) is 0 Å². The van der Waals surface area contributed by atoms with E-state index in [0.717, 1.165) is 16.9 Å². The molecule has 1 aromatic heterocycles. The molecule has 0 saturated carbocycles. The van der Waals surface area contributed by atoms with Crippen LogP contribution >= 0.6 is 0 Å². The van der Waals surface area contributed by atoms with Gasteiger partial charge in [0.05, 0.1) is 18.0 Å². The third-order valence-corrected chi connectivity index (χ3v) is 3.90. The molecule has 0 radical (unpaired) electrons.